The normalized spacial score (nSPS) is 35.4. The van der Waals surface area contributed by atoms with Crippen molar-refractivity contribution in [1.82, 2.24) is 0 Å². The molecule has 0 saturated heterocycles. The molecular weight excluding hydrogens is 408 g/mol. The van der Waals surface area contributed by atoms with Crippen LogP contribution < -0.4 is 0 Å². The van der Waals surface area contributed by atoms with Crippen LogP contribution in [-0.2, 0) is 19.3 Å². The van der Waals surface area contributed by atoms with Crippen LogP contribution in [0.25, 0.3) is 0 Å². The molecule has 0 bridgehead atoms. The molecule has 0 radical (unpaired) electrons. The third kappa shape index (κ3) is 3.79. The van der Waals surface area contributed by atoms with Gasteiger partial charge < -0.3 is 0 Å². The lowest BCUT2D eigenvalue weighted by Crippen LogP contribution is -2.56. The summed E-state index contributed by atoms with van der Waals surface area (Å²) >= 11 is 0. The van der Waals surface area contributed by atoms with Gasteiger partial charge >= 0.3 is 0 Å². The average molecular weight is 457 g/mol. The second kappa shape index (κ2) is 9.83. The molecular formula is C34H48. The standard InChI is InChI=1S/C34H48/c1-6-25-13-9-10-18-32(25)28-19-23(4)34-24(5)20-29(22-31(34)17-12-16-30(34)21-28)33-26(7-2)14-11-15-27(33)8-3/h9-11,13-15,18,23-24,28-31H,6-8,12,16-17,19-22H2,1-5H3/t23?,24-,28?,29?,30?,31+,34?/m0/s1. The van der Waals surface area contributed by atoms with E-state index in [0.717, 1.165) is 35.5 Å². The van der Waals surface area contributed by atoms with Crippen molar-refractivity contribution in [1.29, 1.82) is 0 Å². The Morgan fingerprint density at radius 2 is 1.18 bits per heavy atom. The summed E-state index contributed by atoms with van der Waals surface area (Å²) in [6, 6.07) is 16.5. The smallest absolute Gasteiger partial charge is 0.0151 e. The molecule has 3 fully saturated rings. The molecule has 3 saturated carbocycles. The van der Waals surface area contributed by atoms with E-state index in [0.29, 0.717) is 5.41 Å². The van der Waals surface area contributed by atoms with Crippen LogP contribution >= 0.6 is 0 Å². The highest BCUT2D eigenvalue weighted by Crippen LogP contribution is 2.68. The van der Waals surface area contributed by atoms with Gasteiger partial charge in [-0.2, -0.15) is 0 Å². The van der Waals surface area contributed by atoms with Gasteiger partial charge in [0.2, 0.25) is 0 Å². The first-order valence-corrected chi connectivity index (χ1v) is 14.7. The first-order chi connectivity index (χ1) is 16.5. The van der Waals surface area contributed by atoms with Crippen molar-refractivity contribution >= 4 is 0 Å². The number of hydrogen-bond acceptors (Lipinski definition) is 0. The van der Waals surface area contributed by atoms with Gasteiger partial charge in [0.1, 0.15) is 0 Å². The highest BCUT2D eigenvalue weighted by molar-refractivity contribution is 5.39. The van der Waals surface area contributed by atoms with Gasteiger partial charge in [-0.15, -0.1) is 0 Å². The van der Waals surface area contributed by atoms with Crippen molar-refractivity contribution in [3.63, 3.8) is 0 Å². The van der Waals surface area contributed by atoms with Crippen molar-refractivity contribution in [3.05, 3.63) is 70.3 Å². The molecule has 0 aliphatic heterocycles. The Morgan fingerprint density at radius 3 is 1.79 bits per heavy atom. The van der Waals surface area contributed by atoms with Crippen molar-refractivity contribution in [2.45, 2.75) is 111 Å². The molecule has 0 nitrogen and oxygen atoms in total. The summed E-state index contributed by atoms with van der Waals surface area (Å²) in [6.45, 7) is 12.4. The van der Waals surface area contributed by atoms with Gasteiger partial charge in [-0.3, -0.25) is 0 Å². The van der Waals surface area contributed by atoms with Crippen LogP contribution in [0.15, 0.2) is 42.5 Å². The molecule has 0 heteroatoms. The lowest BCUT2D eigenvalue weighted by molar-refractivity contribution is -0.134. The summed E-state index contributed by atoms with van der Waals surface area (Å²) in [6.07, 6.45) is 13.7. The van der Waals surface area contributed by atoms with Crippen molar-refractivity contribution in [2.75, 3.05) is 0 Å². The molecule has 2 aromatic rings. The summed E-state index contributed by atoms with van der Waals surface area (Å²) in [5.74, 6) is 5.09. The fraction of sp³-hybridized carbons (Fsp3) is 0.647. The maximum absolute atomic E-state index is 2.68. The zero-order valence-electron chi connectivity index (χ0n) is 22.6. The third-order valence-electron chi connectivity index (χ3n) is 11.0. The Bertz CT molecular complexity index is 963. The van der Waals surface area contributed by atoms with Gasteiger partial charge in [0.05, 0.1) is 0 Å². The van der Waals surface area contributed by atoms with E-state index in [2.05, 4.69) is 77.1 Å². The van der Waals surface area contributed by atoms with Gasteiger partial charge in [-0.05, 0) is 127 Å². The van der Waals surface area contributed by atoms with Gasteiger partial charge in [-0.25, -0.2) is 0 Å². The van der Waals surface area contributed by atoms with E-state index in [4.69, 9.17) is 0 Å². The minimum Gasteiger partial charge on any atom is -0.0620 e. The molecule has 184 valence electrons. The molecule has 3 aliphatic carbocycles. The Balaban J connectivity index is 1.47. The first kappa shape index (κ1) is 24.1. The summed E-state index contributed by atoms with van der Waals surface area (Å²) in [4.78, 5) is 0. The second-order valence-electron chi connectivity index (χ2n) is 12.2. The van der Waals surface area contributed by atoms with Crippen LogP contribution in [0.3, 0.4) is 0 Å². The molecule has 5 unspecified atom stereocenters. The number of aryl methyl sites for hydroxylation is 3. The van der Waals surface area contributed by atoms with Gasteiger partial charge in [0.25, 0.3) is 0 Å². The molecule has 1 spiro atoms. The van der Waals surface area contributed by atoms with Crippen LogP contribution in [0.2, 0.25) is 0 Å². The van der Waals surface area contributed by atoms with E-state index < -0.39 is 0 Å². The molecule has 5 rings (SSSR count). The number of benzene rings is 2. The summed E-state index contributed by atoms with van der Waals surface area (Å²) in [5.41, 5.74) is 8.89. The van der Waals surface area contributed by atoms with E-state index in [1.165, 1.54) is 64.2 Å². The van der Waals surface area contributed by atoms with Crippen LogP contribution in [0, 0.1) is 29.1 Å². The van der Waals surface area contributed by atoms with Crippen molar-refractivity contribution < 1.29 is 0 Å². The van der Waals surface area contributed by atoms with E-state index in [-0.39, 0.29) is 0 Å². The van der Waals surface area contributed by atoms with Crippen LogP contribution in [-0.4, -0.2) is 0 Å². The fourth-order valence-corrected chi connectivity index (χ4v) is 9.88. The molecule has 2 aromatic carbocycles. The fourth-order valence-electron chi connectivity index (χ4n) is 9.88. The van der Waals surface area contributed by atoms with Gasteiger partial charge in [0, 0.05) is 0 Å². The molecule has 0 heterocycles. The van der Waals surface area contributed by atoms with E-state index in [1.54, 1.807) is 27.8 Å². The average Bonchev–Trinajstić information content (AvgIpc) is 2.87. The molecule has 0 N–H and O–H groups in total. The maximum atomic E-state index is 2.68. The lowest BCUT2D eigenvalue weighted by Gasteiger charge is -2.64. The first-order valence-electron chi connectivity index (χ1n) is 14.7. The van der Waals surface area contributed by atoms with Gasteiger partial charge in [-0.1, -0.05) is 83.5 Å². The highest BCUT2D eigenvalue weighted by Gasteiger charge is 2.59. The Kier molecular flexibility index (Phi) is 6.98. The van der Waals surface area contributed by atoms with Crippen LogP contribution in [0.5, 0.6) is 0 Å². The van der Waals surface area contributed by atoms with E-state index in [1.807, 2.05) is 0 Å². The summed E-state index contributed by atoms with van der Waals surface area (Å²) in [5, 5.41) is 0. The third-order valence-corrected chi connectivity index (χ3v) is 11.0. The molecule has 7 atom stereocenters. The monoisotopic (exact) mass is 456 g/mol. The molecule has 34 heavy (non-hydrogen) atoms. The minimum atomic E-state index is 0.583. The Labute approximate surface area is 209 Å². The lowest BCUT2D eigenvalue weighted by atomic mass is 9.41. The van der Waals surface area contributed by atoms with Gasteiger partial charge in [0.15, 0.2) is 0 Å². The van der Waals surface area contributed by atoms with Crippen molar-refractivity contribution in [3.8, 4) is 0 Å². The molecule has 0 aromatic heterocycles. The number of rotatable bonds is 5. The Hall–Kier alpha value is -1.56. The quantitative estimate of drug-likeness (QED) is 0.420. The largest absolute Gasteiger partial charge is 0.0620 e. The van der Waals surface area contributed by atoms with Crippen LogP contribution in [0.1, 0.15) is 119 Å². The summed E-state index contributed by atoms with van der Waals surface area (Å²) in [7, 11) is 0. The van der Waals surface area contributed by atoms with Crippen LogP contribution in [0.4, 0.5) is 0 Å². The van der Waals surface area contributed by atoms with E-state index >= 15 is 0 Å². The summed E-state index contributed by atoms with van der Waals surface area (Å²) < 4.78 is 0. The zero-order valence-corrected chi connectivity index (χ0v) is 22.6. The van der Waals surface area contributed by atoms with Crippen molar-refractivity contribution in [2.24, 2.45) is 29.1 Å². The molecule has 0 amide bonds. The topological polar surface area (TPSA) is 0 Å². The molecule has 3 aliphatic rings. The maximum Gasteiger partial charge on any atom is -0.0151 e. The predicted octanol–water partition coefficient (Wildman–Crippen LogP) is 9.50. The minimum absolute atomic E-state index is 0.583. The SMILES string of the molecule is CCc1ccccc1C1CC(C)C23C(CCC[C@@H]2CC(c2c(CC)cccc2CC)C[C@@H]3C)C1. The second-order valence-corrected chi connectivity index (χ2v) is 12.2. The highest BCUT2D eigenvalue weighted by atomic mass is 14.6. The predicted molar refractivity (Wildman–Crippen MR) is 147 cm³/mol. The Morgan fingerprint density at radius 1 is 0.647 bits per heavy atom. The zero-order chi connectivity index (χ0) is 23.9. The van der Waals surface area contributed by atoms with E-state index in [9.17, 15) is 0 Å². The number of hydrogen-bond donors (Lipinski definition) is 0.